The minimum atomic E-state index is -0.323. The molecule has 1 aromatic carbocycles. The topological polar surface area (TPSA) is 38.1 Å². The van der Waals surface area contributed by atoms with Gasteiger partial charge in [0, 0.05) is 19.2 Å². The van der Waals surface area contributed by atoms with E-state index in [1.165, 1.54) is 10.7 Å². The van der Waals surface area contributed by atoms with E-state index in [1.54, 1.807) is 24.4 Å². The highest BCUT2D eigenvalue weighted by Crippen LogP contribution is 2.17. The van der Waals surface area contributed by atoms with Gasteiger partial charge in [0.05, 0.1) is 22.9 Å². The zero-order valence-corrected chi connectivity index (χ0v) is 13.6. The van der Waals surface area contributed by atoms with Crippen LogP contribution in [-0.2, 0) is 6.54 Å². The summed E-state index contributed by atoms with van der Waals surface area (Å²) < 4.78 is 14.9. The van der Waals surface area contributed by atoms with Crippen molar-refractivity contribution >= 4 is 21.6 Å². The van der Waals surface area contributed by atoms with E-state index in [0.717, 1.165) is 24.3 Å². The van der Waals surface area contributed by atoms with Crippen LogP contribution in [0.3, 0.4) is 0 Å². The molecule has 4 nitrogen and oxygen atoms in total. The van der Waals surface area contributed by atoms with Gasteiger partial charge in [-0.15, -0.1) is 0 Å². The van der Waals surface area contributed by atoms with Gasteiger partial charge >= 0.3 is 0 Å². The summed E-state index contributed by atoms with van der Waals surface area (Å²) in [6.45, 7) is 6.03. The monoisotopic (exact) mass is 353 g/mol. The normalized spacial score (nSPS) is 10.7. The van der Waals surface area contributed by atoms with E-state index in [1.807, 2.05) is 13.8 Å². The molecule has 1 heterocycles. The Morgan fingerprint density at radius 1 is 1.29 bits per heavy atom. The Kier molecular flexibility index (Phi) is 5.12. The van der Waals surface area contributed by atoms with Crippen molar-refractivity contribution in [3.8, 4) is 0 Å². The fourth-order valence-corrected chi connectivity index (χ4v) is 2.54. The first-order chi connectivity index (χ1) is 10.0. The molecule has 0 atom stereocenters. The Hall–Kier alpha value is -1.69. The molecule has 0 unspecified atom stereocenters. The fraction of sp³-hybridized carbons (Fsp3) is 0.333. The summed E-state index contributed by atoms with van der Waals surface area (Å²) in [5.41, 5.74) is 1.47. The second-order valence-electron chi connectivity index (χ2n) is 4.63. The van der Waals surface area contributed by atoms with Crippen LogP contribution in [0.15, 0.2) is 39.7 Å². The van der Waals surface area contributed by atoms with Crippen LogP contribution in [0.1, 0.15) is 19.4 Å². The first-order valence-corrected chi connectivity index (χ1v) is 7.60. The van der Waals surface area contributed by atoms with Crippen molar-refractivity contribution < 1.29 is 4.39 Å². The van der Waals surface area contributed by atoms with Crippen LogP contribution in [0.5, 0.6) is 0 Å². The molecule has 0 saturated carbocycles. The van der Waals surface area contributed by atoms with Crippen LogP contribution >= 0.6 is 15.9 Å². The van der Waals surface area contributed by atoms with Gasteiger partial charge in [-0.05, 0) is 47.5 Å². The Morgan fingerprint density at radius 3 is 2.57 bits per heavy atom. The molecular weight excluding hydrogens is 337 g/mol. The van der Waals surface area contributed by atoms with Crippen LogP contribution in [0.4, 0.5) is 10.1 Å². The summed E-state index contributed by atoms with van der Waals surface area (Å²) >= 11 is 3.14. The molecule has 2 aromatic rings. The highest BCUT2D eigenvalue weighted by Gasteiger charge is 2.07. The molecule has 0 aliphatic carbocycles. The molecule has 0 aliphatic rings. The Morgan fingerprint density at radius 2 is 2.00 bits per heavy atom. The van der Waals surface area contributed by atoms with E-state index in [2.05, 4.69) is 25.9 Å². The number of halogens is 2. The summed E-state index contributed by atoms with van der Waals surface area (Å²) in [4.78, 5) is 14.2. The van der Waals surface area contributed by atoms with E-state index in [0.29, 0.717) is 11.0 Å². The maximum absolute atomic E-state index is 13.2. The van der Waals surface area contributed by atoms with E-state index in [9.17, 15) is 9.18 Å². The van der Waals surface area contributed by atoms with Crippen molar-refractivity contribution in [2.75, 3.05) is 18.0 Å². The third-order valence-electron chi connectivity index (χ3n) is 3.30. The Bertz CT molecular complexity index is 683. The lowest BCUT2D eigenvalue weighted by Gasteiger charge is -2.20. The third-order valence-corrected chi connectivity index (χ3v) is 3.91. The zero-order chi connectivity index (χ0) is 15.4. The molecule has 2 rings (SSSR count). The summed E-state index contributed by atoms with van der Waals surface area (Å²) in [5, 5.41) is 4.20. The van der Waals surface area contributed by atoms with E-state index < -0.39 is 0 Å². The number of nitrogens with zero attached hydrogens (tertiary/aromatic N) is 3. The molecule has 0 bridgehead atoms. The van der Waals surface area contributed by atoms with Gasteiger partial charge in [-0.2, -0.15) is 5.10 Å². The number of aromatic nitrogens is 2. The van der Waals surface area contributed by atoms with Crippen LogP contribution in [0.2, 0.25) is 0 Å². The van der Waals surface area contributed by atoms with Gasteiger partial charge < -0.3 is 4.90 Å². The van der Waals surface area contributed by atoms with Crippen molar-refractivity contribution in [2.24, 2.45) is 0 Å². The molecule has 6 heteroatoms. The molecule has 0 spiro atoms. The minimum absolute atomic E-state index is 0.167. The van der Waals surface area contributed by atoms with Crippen molar-refractivity contribution in [2.45, 2.75) is 20.4 Å². The minimum Gasteiger partial charge on any atom is -0.371 e. The molecule has 0 aliphatic heterocycles. The van der Waals surface area contributed by atoms with Crippen molar-refractivity contribution in [1.82, 2.24) is 9.78 Å². The average molecular weight is 354 g/mol. The molecule has 112 valence electrons. The molecule has 0 N–H and O–H groups in total. The Balaban J connectivity index is 2.25. The number of anilines is 1. The van der Waals surface area contributed by atoms with Crippen LogP contribution in [-0.4, -0.2) is 22.9 Å². The van der Waals surface area contributed by atoms with Crippen LogP contribution < -0.4 is 10.5 Å². The molecule has 1 aromatic heterocycles. The molecule has 0 fully saturated rings. The zero-order valence-electron chi connectivity index (χ0n) is 12.0. The van der Waals surface area contributed by atoms with Gasteiger partial charge in [-0.1, -0.05) is 6.07 Å². The standard InChI is InChI=1S/C15H17BrFN3O/c1-3-19(4-2)12-8-15(21)20(18-9-12)10-11-5-6-14(17)13(16)7-11/h5-9H,3-4,10H2,1-2H3. The van der Waals surface area contributed by atoms with Gasteiger partial charge in [0.2, 0.25) is 0 Å². The second kappa shape index (κ2) is 6.85. The summed E-state index contributed by atoms with van der Waals surface area (Å²) in [5.74, 6) is -0.323. The highest BCUT2D eigenvalue weighted by molar-refractivity contribution is 9.10. The van der Waals surface area contributed by atoms with E-state index in [-0.39, 0.29) is 11.4 Å². The third kappa shape index (κ3) is 3.69. The molecule has 0 saturated heterocycles. The van der Waals surface area contributed by atoms with Gasteiger partial charge in [0.25, 0.3) is 5.56 Å². The van der Waals surface area contributed by atoms with Gasteiger partial charge in [-0.3, -0.25) is 4.79 Å². The maximum atomic E-state index is 13.2. The van der Waals surface area contributed by atoms with Crippen LogP contribution in [0, 0.1) is 5.82 Å². The quantitative estimate of drug-likeness (QED) is 0.829. The summed E-state index contributed by atoms with van der Waals surface area (Å²) in [6.07, 6.45) is 1.69. The number of hydrogen-bond donors (Lipinski definition) is 0. The first kappa shape index (κ1) is 15.7. The van der Waals surface area contributed by atoms with Gasteiger partial charge in [0.1, 0.15) is 5.82 Å². The average Bonchev–Trinajstić information content (AvgIpc) is 2.47. The Labute approximate surface area is 131 Å². The molecule has 21 heavy (non-hydrogen) atoms. The smallest absolute Gasteiger partial charge is 0.269 e. The number of benzene rings is 1. The van der Waals surface area contributed by atoms with Crippen LogP contribution in [0.25, 0.3) is 0 Å². The molecule has 0 radical (unpaired) electrons. The fourth-order valence-electron chi connectivity index (χ4n) is 2.12. The SMILES string of the molecule is CCN(CC)c1cnn(Cc2ccc(F)c(Br)c2)c(=O)c1. The second-order valence-corrected chi connectivity index (χ2v) is 5.48. The predicted octanol–water partition coefficient (Wildman–Crippen LogP) is 3.04. The summed E-state index contributed by atoms with van der Waals surface area (Å²) in [7, 11) is 0. The molecule has 0 amide bonds. The largest absolute Gasteiger partial charge is 0.371 e. The lowest BCUT2D eigenvalue weighted by molar-refractivity contribution is 0.612. The highest BCUT2D eigenvalue weighted by atomic mass is 79.9. The first-order valence-electron chi connectivity index (χ1n) is 6.81. The molecular formula is C15H17BrFN3O. The van der Waals surface area contributed by atoms with Gasteiger partial charge in [0.15, 0.2) is 0 Å². The lowest BCUT2D eigenvalue weighted by Crippen LogP contribution is -2.28. The predicted molar refractivity (Wildman–Crippen MR) is 85.3 cm³/mol. The van der Waals surface area contributed by atoms with E-state index in [4.69, 9.17) is 0 Å². The van der Waals surface area contributed by atoms with Crippen molar-refractivity contribution in [3.05, 3.63) is 56.7 Å². The number of rotatable bonds is 5. The van der Waals surface area contributed by atoms with Crippen molar-refractivity contribution in [1.29, 1.82) is 0 Å². The summed E-state index contributed by atoms with van der Waals surface area (Å²) in [6, 6.07) is 6.25. The maximum Gasteiger partial charge on any atom is 0.269 e. The lowest BCUT2D eigenvalue weighted by atomic mass is 10.2. The van der Waals surface area contributed by atoms with Crippen molar-refractivity contribution in [3.63, 3.8) is 0 Å². The number of hydrogen-bond acceptors (Lipinski definition) is 3. The van der Waals surface area contributed by atoms with Gasteiger partial charge in [-0.25, -0.2) is 9.07 Å². The van der Waals surface area contributed by atoms with E-state index >= 15 is 0 Å².